The molecule has 2 N–H and O–H groups in total. The van der Waals surface area contributed by atoms with Crippen LogP contribution >= 0.6 is 11.3 Å². The topological polar surface area (TPSA) is 66.4 Å². The number of aryl methyl sites for hydroxylation is 2. The van der Waals surface area contributed by atoms with Crippen LogP contribution in [0, 0.1) is 6.92 Å². The molecule has 28 heavy (non-hydrogen) atoms. The number of fused-ring (bicyclic) bond motifs is 1. The number of rotatable bonds is 3. The Morgan fingerprint density at radius 1 is 1.14 bits per heavy atom. The fourth-order valence-electron chi connectivity index (χ4n) is 3.12. The molecule has 6 heteroatoms. The van der Waals surface area contributed by atoms with Crippen LogP contribution in [0.1, 0.15) is 30.0 Å². The summed E-state index contributed by atoms with van der Waals surface area (Å²) in [5.74, 6) is 0. The predicted molar refractivity (Wildman–Crippen MR) is 118 cm³/mol. The fraction of sp³-hybridized carbons (Fsp3) is 0.273. The van der Waals surface area contributed by atoms with Crippen molar-refractivity contribution in [1.29, 1.82) is 0 Å². The molecule has 0 spiro atoms. The molecule has 0 radical (unpaired) electrons. The SMILES string of the molecule is CCc1ccc2scc(C3=CCNCC3)c2c1.Cc1ccc(S(=O)(=O)O)cc1. The van der Waals surface area contributed by atoms with Crippen molar-refractivity contribution in [1.82, 2.24) is 5.32 Å². The Morgan fingerprint density at radius 3 is 2.50 bits per heavy atom. The van der Waals surface area contributed by atoms with Crippen molar-refractivity contribution in [3.8, 4) is 0 Å². The van der Waals surface area contributed by atoms with Gasteiger partial charge in [-0.1, -0.05) is 36.8 Å². The third kappa shape index (κ3) is 5.08. The van der Waals surface area contributed by atoms with Gasteiger partial charge in [0.2, 0.25) is 0 Å². The van der Waals surface area contributed by atoms with E-state index in [2.05, 4.69) is 41.9 Å². The molecule has 3 aromatic rings. The van der Waals surface area contributed by atoms with Gasteiger partial charge in [0.05, 0.1) is 4.90 Å². The van der Waals surface area contributed by atoms with Gasteiger partial charge in [-0.2, -0.15) is 8.42 Å². The molecule has 2 heterocycles. The highest BCUT2D eigenvalue weighted by molar-refractivity contribution is 7.85. The largest absolute Gasteiger partial charge is 0.313 e. The minimum Gasteiger partial charge on any atom is -0.313 e. The summed E-state index contributed by atoms with van der Waals surface area (Å²) >= 11 is 1.87. The molecule has 0 atom stereocenters. The van der Waals surface area contributed by atoms with Crippen LogP contribution < -0.4 is 5.32 Å². The van der Waals surface area contributed by atoms with Crippen LogP contribution in [-0.2, 0) is 16.5 Å². The number of hydrogen-bond acceptors (Lipinski definition) is 4. The Bertz CT molecular complexity index is 1080. The molecule has 4 nitrogen and oxygen atoms in total. The van der Waals surface area contributed by atoms with Crippen LogP contribution in [0.4, 0.5) is 0 Å². The van der Waals surface area contributed by atoms with E-state index in [4.69, 9.17) is 4.55 Å². The van der Waals surface area contributed by atoms with Gasteiger partial charge in [-0.3, -0.25) is 4.55 Å². The van der Waals surface area contributed by atoms with Gasteiger partial charge in [0.1, 0.15) is 0 Å². The summed E-state index contributed by atoms with van der Waals surface area (Å²) in [6.45, 7) is 6.18. The second kappa shape index (κ2) is 9.01. The molecule has 0 bridgehead atoms. The van der Waals surface area contributed by atoms with E-state index < -0.39 is 10.1 Å². The van der Waals surface area contributed by atoms with E-state index in [0.29, 0.717) is 0 Å². The zero-order valence-corrected chi connectivity index (χ0v) is 17.7. The first-order valence-electron chi connectivity index (χ1n) is 9.33. The van der Waals surface area contributed by atoms with Gasteiger partial charge in [0.15, 0.2) is 0 Å². The highest BCUT2D eigenvalue weighted by Crippen LogP contribution is 2.33. The fourth-order valence-corrected chi connectivity index (χ4v) is 4.57. The van der Waals surface area contributed by atoms with Crippen molar-refractivity contribution in [3.63, 3.8) is 0 Å². The van der Waals surface area contributed by atoms with Crippen molar-refractivity contribution in [2.75, 3.05) is 13.1 Å². The van der Waals surface area contributed by atoms with E-state index >= 15 is 0 Å². The molecular formula is C22H25NO3S2. The lowest BCUT2D eigenvalue weighted by molar-refractivity contribution is 0.483. The highest BCUT2D eigenvalue weighted by atomic mass is 32.2. The van der Waals surface area contributed by atoms with Gasteiger partial charge < -0.3 is 5.32 Å². The summed E-state index contributed by atoms with van der Waals surface area (Å²) in [7, 11) is -4.02. The molecule has 4 rings (SSSR count). The Labute approximate surface area is 170 Å². The summed E-state index contributed by atoms with van der Waals surface area (Å²) in [5, 5.41) is 7.14. The lowest BCUT2D eigenvalue weighted by atomic mass is 9.98. The van der Waals surface area contributed by atoms with Crippen molar-refractivity contribution in [3.05, 3.63) is 70.6 Å². The van der Waals surface area contributed by atoms with Crippen molar-refractivity contribution in [2.24, 2.45) is 0 Å². The second-order valence-electron chi connectivity index (χ2n) is 6.81. The average molecular weight is 416 g/mol. The quantitative estimate of drug-likeness (QED) is 0.585. The number of nitrogens with one attached hydrogen (secondary N) is 1. The van der Waals surface area contributed by atoms with Gasteiger partial charge in [-0.05, 0) is 72.7 Å². The van der Waals surface area contributed by atoms with Gasteiger partial charge in [0, 0.05) is 16.6 Å². The van der Waals surface area contributed by atoms with Crippen LogP contribution in [0.3, 0.4) is 0 Å². The summed E-state index contributed by atoms with van der Waals surface area (Å²) < 4.78 is 31.0. The van der Waals surface area contributed by atoms with E-state index in [1.807, 2.05) is 18.3 Å². The smallest absolute Gasteiger partial charge is 0.294 e. The Hall–Kier alpha value is -1.99. The van der Waals surface area contributed by atoms with Crippen LogP contribution in [0.25, 0.3) is 15.7 Å². The molecule has 1 aliphatic rings. The van der Waals surface area contributed by atoms with E-state index in [1.54, 1.807) is 12.1 Å². The standard InChI is InChI=1S/C15H17NS.C7H8O3S/c1-2-11-3-4-15-13(9-11)14(10-17-15)12-5-7-16-8-6-12;1-6-2-4-7(5-3-6)11(8,9)10/h3-5,9-10,16H,2,6-8H2,1H3;2-5H,1H3,(H,8,9,10). The molecule has 148 valence electrons. The Balaban J connectivity index is 0.000000178. The van der Waals surface area contributed by atoms with E-state index in [9.17, 15) is 8.42 Å². The van der Waals surface area contributed by atoms with Crippen molar-refractivity contribution >= 4 is 37.1 Å². The summed E-state index contributed by atoms with van der Waals surface area (Å²) in [4.78, 5) is -0.0666. The zero-order chi connectivity index (χ0) is 20.1. The second-order valence-corrected chi connectivity index (χ2v) is 9.14. The van der Waals surface area contributed by atoms with E-state index in [0.717, 1.165) is 31.5 Å². The van der Waals surface area contributed by atoms with Crippen LogP contribution in [0.15, 0.2) is 58.8 Å². The molecule has 0 saturated heterocycles. The molecule has 0 fully saturated rings. The maximum atomic E-state index is 10.5. The third-order valence-corrected chi connectivity index (χ3v) is 6.61. The van der Waals surface area contributed by atoms with Gasteiger partial charge in [-0.15, -0.1) is 11.3 Å². The molecule has 0 saturated carbocycles. The van der Waals surface area contributed by atoms with Gasteiger partial charge in [-0.25, -0.2) is 0 Å². The number of hydrogen-bond donors (Lipinski definition) is 2. The van der Waals surface area contributed by atoms with Crippen LogP contribution in [0.5, 0.6) is 0 Å². The van der Waals surface area contributed by atoms with E-state index in [1.165, 1.54) is 38.9 Å². The molecule has 2 aromatic carbocycles. The first kappa shape index (κ1) is 20.7. The number of thiophene rings is 1. The zero-order valence-electron chi connectivity index (χ0n) is 16.1. The molecular weight excluding hydrogens is 390 g/mol. The van der Waals surface area contributed by atoms with Gasteiger partial charge in [0.25, 0.3) is 10.1 Å². The summed E-state index contributed by atoms with van der Waals surface area (Å²) in [6, 6.07) is 12.9. The van der Waals surface area contributed by atoms with Crippen molar-refractivity contribution in [2.45, 2.75) is 31.6 Å². The Morgan fingerprint density at radius 2 is 1.89 bits per heavy atom. The molecule has 0 unspecified atom stereocenters. The maximum Gasteiger partial charge on any atom is 0.294 e. The van der Waals surface area contributed by atoms with Gasteiger partial charge >= 0.3 is 0 Å². The summed E-state index contributed by atoms with van der Waals surface area (Å²) in [6.07, 6.45) is 4.61. The monoisotopic (exact) mass is 415 g/mol. The molecule has 0 amide bonds. The lowest BCUT2D eigenvalue weighted by Gasteiger charge is -2.13. The Kier molecular flexibility index (Phi) is 6.67. The van der Waals surface area contributed by atoms with E-state index in [-0.39, 0.29) is 4.90 Å². The van der Waals surface area contributed by atoms with Crippen molar-refractivity contribution < 1.29 is 13.0 Å². The first-order valence-corrected chi connectivity index (χ1v) is 11.6. The van der Waals surface area contributed by atoms with Crippen LogP contribution in [0.2, 0.25) is 0 Å². The minimum absolute atomic E-state index is 0.0666. The molecule has 0 aliphatic carbocycles. The van der Waals surface area contributed by atoms with Crippen LogP contribution in [-0.4, -0.2) is 26.1 Å². The summed E-state index contributed by atoms with van der Waals surface area (Å²) in [5.41, 5.74) is 5.37. The predicted octanol–water partition coefficient (Wildman–Crippen LogP) is 5.08. The number of benzene rings is 2. The molecule has 1 aliphatic heterocycles. The third-order valence-electron chi connectivity index (χ3n) is 4.77. The highest BCUT2D eigenvalue weighted by Gasteiger charge is 2.11. The normalized spacial score (nSPS) is 14.3. The average Bonchev–Trinajstić information content (AvgIpc) is 3.12. The first-order chi connectivity index (χ1) is 13.4. The maximum absolute atomic E-state index is 10.5. The lowest BCUT2D eigenvalue weighted by Crippen LogP contribution is -2.19. The molecule has 1 aromatic heterocycles. The minimum atomic E-state index is -4.02.